The lowest BCUT2D eigenvalue weighted by atomic mass is 9.49. The van der Waals surface area contributed by atoms with E-state index in [-0.39, 0.29) is 0 Å². The molecule has 0 aliphatic heterocycles. The van der Waals surface area contributed by atoms with Gasteiger partial charge >= 0.3 is 0 Å². The van der Waals surface area contributed by atoms with Crippen LogP contribution in [0.2, 0.25) is 0 Å². The van der Waals surface area contributed by atoms with Crippen molar-refractivity contribution in [2.45, 2.75) is 38.5 Å². The lowest BCUT2D eigenvalue weighted by molar-refractivity contribution is -0.126. The van der Waals surface area contributed by atoms with E-state index in [2.05, 4.69) is 5.32 Å². The molecule has 2 nitrogen and oxygen atoms in total. The van der Waals surface area contributed by atoms with E-state index < -0.39 is 0 Å². The molecule has 88 valence electrons. The van der Waals surface area contributed by atoms with Crippen molar-refractivity contribution in [3.05, 3.63) is 0 Å². The monoisotopic (exact) mass is 219 g/mol. The molecule has 5 aliphatic rings. The van der Waals surface area contributed by atoms with E-state index >= 15 is 0 Å². The van der Waals surface area contributed by atoms with Gasteiger partial charge in [-0.25, -0.2) is 0 Å². The van der Waals surface area contributed by atoms with Crippen LogP contribution in [0, 0.1) is 35.0 Å². The van der Waals surface area contributed by atoms with Crippen LogP contribution in [0.4, 0.5) is 0 Å². The molecular formula is C14H21NO. The molecule has 1 spiro atoms. The summed E-state index contributed by atoms with van der Waals surface area (Å²) in [5.41, 5.74) is 0.480. The van der Waals surface area contributed by atoms with Crippen molar-refractivity contribution in [2.24, 2.45) is 35.0 Å². The molecular weight excluding hydrogens is 198 g/mol. The number of hydrogen-bond acceptors (Lipinski definition) is 1. The molecule has 1 N–H and O–H groups in total. The first kappa shape index (κ1) is 9.49. The van der Waals surface area contributed by atoms with Gasteiger partial charge in [0, 0.05) is 13.0 Å². The van der Waals surface area contributed by atoms with Crippen molar-refractivity contribution in [3.63, 3.8) is 0 Å². The highest BCUT2D eigenvalue weighted by molar-refractivity contribution is 5.82. The minimum absolute atomic E-state index is 0.326. The Morgan fingerprint density at radius 3 is 2.12 bits per heavy atom. The number of amides is 1. The maximum Gasteiger partial charge on any atom is 0.223 e. The predicted molar refractivity (Wildman–Crippen MR) is 61.7 cm³/mol. The van der Waals surface area contributed by atoms with Gasteiger partial charge in [0.25, 0.3) is 0 Å². The van der Waals surface area contributed by atoms with E-state index in [1.54, 1.807) is 7.05 Å². The van der Waals surface area contributed by atoms with Crippen LogP contribution in [0.25, 0.3) is 0 Å². The largest absolute Gasteiger partial charge is 0.359 e. The SMILES string of the molecule is CNC(=O)C1CC12C1CC3CC(C1)CC2C3. The lowest BCUT2D eigenvalue weighted by Crippen LogP contribution is -2.48. The summed E-state index contributed by atoms with van der Waals surface area (Å²) in [6.07, 6.45) is 8.50. The average Bonchev–Trinajstić information content (AvgIpc) is 3.00. The van der Waals surface area contributed by atoms with E-state index in [9.17, 15) is 4.79 Å². The molecule has 0 aromatic carbocycles. The topological polar surface area (TPSA) is 29.1 Å². The van der Waals surface area contributed by atoms with Crippen LogP contribution >= 0.6 is 0 Å². The Morgan fingerprint density at radius 2 is 1.62 bits per heavy atom. The molecule has 0 saturated heterocycles. The second kappa shape index (κ2) is 2.83. The van der Waals surface area contributed by atoms with Gasteiger partial charge < -0.3 is 5.32 Å². The van der Waals surface area contributed by atoms with Crippen LogP contribution in [0.5, 0.6) is 0 Å². The Bertz CT molecular complexity index is 321. The van der Waals surface area contributed by atoms with Gasteiger partial charge in [-0.1, -0.05) is 0 Å². The summed E-state index contributed by atoms with van der Waals surface area (Å²) in [6, 6.07) is 0. The Balaban J connectivity index is 1.64. The fourth-order valence-corrected chi connectivity index (χ4v) is 5.77. The molecule has 0 radical (unpaired) electrons. The third-order valence-electron chi connectivity index (χ3n) is 6.27. The van der Waals surface area contributed by atoms with E-state index in [0.717, 1.165) is 23.7 Å². The summed E-state index contributed by atoms with van der Waals surface area (Å²) >= 11 is 0. The maximum atomic E-state index is 11.9. The second-order valence-corrected chi connectivity index (χ2v) is 6.79. The second-order valence-electron chi connectivity index (χ2n) is 6.79. The van der Waals surface area contributed by atoms with Gasteiger partial charge in [-0.3, -0.25) is 4.79 Å². The highest BCUT2D eigenvalue weighted by Crippen LogP contribution is 2.74. The summed E-state index contributed by atoms with van der Waals surface area (Å²) in [5, 5.41) is 2.87. The summed E-state index contributed by atoms with van der Waals surface area (Å²) in [5.74, 6) is 4.58. The Kier molecular flexibility index (Phi) is 1.68. The van der Waals surface area contributed by atoms with Crippen LogP contribution in [0.3, 0.4) is 0 Å². The third kappa shape index (κ3) is 0.970. The smallest absolute Gasteiger partial charge is 0.223 e. The minimum atomic E-state index is 0.326. The molecule has 0 heterocycles. The number of carbonyl (C=O) groups excluding carboxylic acids is 1. The molecule has 5 fully saturated rings. The van der Waals surface area contributed by atoms with E-state index in [1.807, 2.05) is 0 Å². The third-order valence-corrected chi connectivity index (χ3v) is 6.27. The summed E-state index contributed by atoms with van der Waals surface area (Å²) in [6.45, 7) is 0. The van der Waals surface area contributed by atoms with Crippen molar-refractivity contribution >= 4 is 5.91 Å². The molecule has 2 heteroatoms. The van der Waals surface area contributed by atoms with Crippen molar-refractivity contribution in [2.75, 3.05) is 7.05 Å². The zero-order valence-corrected chi connectivity index (χ0v) is 10.0. The van der Waals surface area contributed by atoms with Gasteiger partial charge in [0.05, 0.1) is 0 Å². The van der Waals surface area contributed by atoms with Crippen molar-refractivity contribution in [1.29, 1.82) is 0 Å². The molecule has 0 aromatic heterocycles. The van der Waals surface area contributed by atoms with Crippen molar-refractivity contribution in [3.8, 4) is 0 Å². The molecule has 0 aromatic rings. The zero-order chi connectivity index (χ0) is 10.9. The molecule has 5 saturated carbocycles. The number of hydrogen-bond donors (Lipinski definition) is 1. The molecule has 5 aliphatic carbocycles. The highest BCUT2D eigenvalue weighted by Gasteiger charge is 2.70. The van der Waals surface area contributed by atoms with Crippen LogP contribution in [0.15, 0.2) is 0 Å². The summed E-state index contributed by atoms with van der Waals surface area (Å²) < 4.78 is 0. The highest BCUT2D eigenvalue weighted by atomic mass is 16.2. The number of nitrogens with one attached hydrogen (secondary N) is 1. The van der Waals surface area contributed by atoms with Gasteiger partial charge in [-0.15, -0.1) is 0 Å². The standard InChI is InChI=1S/C14H21NO/c1-15-13(16)12-7-14(12)10-3-8-2-9(5-10)6-11(14)4-8/h8-12H,2-7H2,1H3,(H,15,16). The molecule has 1 unspecified atom stereocenters. The van der Waals surface area contributed by atoms with Gasteiger partial charge in [-0.2, -0.15) is 0 Å². The molecule has 5 rings (SSSR count). The Hall–Kier alpha value is -0.530. The average molecular weight is 219 g/mol. The van der Waals surface area contributed by atoms with Gasteiger partial charge in [0.15, 0.2) is 0 Å². The van der Waals surface area contributed by atoms with Gasteiger partial charge in [-0.05, 0) is 67.6 Å². The van der Waals surface area contributed by atoms with E-state index in [0.29, 0.717) is 17.2 Å². The fraction of sp³-hybridized carbons (Fsp3) is 0.929. The van der Waals surface area contributed by atoms with Crippen LogP contribution in [0.1, 0.15) is 38.5 Å². The molecule has 4 bridgehead atoms. The summed E-state index contributed by atoms with van der Waals surface area (Å²) in [7, 11) is 1.80. The van der Waals surface area contributed by atoms with Crippen LogP contribution in [-0.2, 0) is 4.79 Å². The first-order valence-electron chi connectivity index (χ1n) is 6.95. The predicted octanol–water partition coefficient (Wildman–Crippen LogP) is 2.19. The van der Waals surface area contributed by atoms with Crippen LogP contribution < -0.4 is 5.32 Å². The lowest BCUT2D eigenvalue weighted by Gasteiger charge is -2.55. The molecule has 1 atom stereocenters. The number of carbonyl (C=O) groups is 1. The minimum Gasteiger partial charge on any atom is -0.359 e. The first-order valence-corrected chi connectivity index (χ1v) is 6.95. The van der Waals surface area contributed by atoms with E-state index in [4.69, 9.17) is 0 Å². The van der Waals surface area contributed by atoms with Crippen molar-refractivity contribution < 1.29 is 4.79 Å². The van der Waals surface area contributed by atoms with Gasteiger partial charge in [0.1, 0.15) is 0 Å². The maximum absolute atomic E-state index is 11.9. The Labute approximate surface area is 97.2 Å². The molecule has 1 amide bonds. The number of rotatable bonds is 1. The first-order chi connectivity index (χ1) is 7.74. The van der Waals surface area contributed by atoms with E-state index in [1.165, 1.54) is 38.5 Å². The fourth-order valence-electron chi connectivity index (χ4n) is 5.77. The van der Waals surface area contributed by atoms with Gasteiger partial charge in [0.2, 0.25) is 5.91 Å². The van der Waals surface area contributed by atoms with Crippen LogP contribution in [-0.4, -0.2) is 13.0 Å². The summed E-state index contributed by atoms with van der Waals surface area (Å²) in [4.78, 5) is 11.9. The normalized spacial score (nSPS) is 56.7. The quantitative estimate of drug-likeness (QED) is 0.719. The van der Waals surface area contributed by atoms with Crippen molar-refractivity contribution in [1.82, 2.24) is 5.32 Å². The Morgan fingerprint density at radius 1 is 1.06 bits per heavy atom. The zero-order valence-electron chi connectivity index (χ0n) is 10.0. The molecule has 16 heavy (non-hydrogen) atoms.